The van der Waals surface area contributed by atoms with E-state index in [1.54, 1.807) is 56.6 Å². The number of aromatic nitrogens is 6. The lowest BCUT2D eigenvalue weighted by atomic mass is 9.92. The second-order valence-electron chi connectivity index (χ2n) is 7.20. The van der Waals surface area contributed by atoms with Crippen LogP contribution >= 0.6 is 0 Å². The molecule has 0 spiro atoms. The van der Waals surface area contributed by atoms with Gasteiger partial charge >= 0.3 is 5.97 Å². The highest BCUT2D eigenvalue weighted by atomic mass is 16.5. The summed E-state index contributed by atoms with van der Waals surface area (Å²) in [5.74, 6) is 1.07. The monoisotopic (exact) mass is 433 g/mol. The van der Waals surface area contributed by atoms with Gasteiger partial charge in [0.25, 0.3) is 0 Å². The minimum atomic E-state index is -1.33. The Morgan fingerprint density at radius 1 is 1.12 bits per heavy atom. The molecule has 1 aromatic carbocycles. The molecule has 0 fully saturated rings. The zero-order valence-corrected chi connectivity index (χ0v) is 17.5. The van der Waals surface area contributed by atoms with Gasteiger partial charge in [-0.2, -0.15) is 14.6 Å². The highest BCUT2D eigenvalue weighted by Crippen LogP contribution is 2.33. The smallest absolute Gasteiger partial charge is 0.338 e. The number of carbonyl (C=O) groups is 1. The highest BCUT2D eigenvalue weighted by molar-refractivity contribution is 5.93. The van der Waals surface area contributed by atoms with Crippen molar-refractivity contribution in [3.05, 3.63) is 54.4 Å². The number of nitrogen functional groups attached to an aromatic ring is 1. The number of benzene rings is 1. The van der Waals surface area contributed by atoms with Crippen molar-refractivity contribution < 1.29 is 18.7 Å². The van der Waals surface area contributed by atoms with Crippen LogP contribution in [0.2, 0.25) is 0 Å². The lowest BCUT2D eigenvalue weighted by molar-refractivity contribution is -0.148. The standard InChI is InChI=1S/C21H19N7O4/c1-21(19(29)31-3,12-6-8-13(30-2)9-7-12)28-18-14(11-23-28)17-24-16(15-5-4-10-32-15)26-27(17)20(22)25-18/h4-11H,1-3H3,(H2,22,25). The van der Waals surface area contributed by atoms with Crippen LogP contribution in [0.15, 0.2) is 53.3 Å². The SMILES string of the molecule is COC(=O)C(C)(c1ccc(OC)cc1)n1ncc2c1nc(N)n1nc(-c3ccco3)nc21. The number of fused-ring (bicyclic) bond motifs is 3. The minimum absolute atomic E-state index is 0.0847. The van der Waals surface area contributed by atoms with Crippen molar-refractivity contribution in [1.82, 2.24) is 29.4 Å². The first-order valence-corrected chi connectivity index (χ1v) is 9.64. The summed E-state index contributed by atoms with van der Waals surface area (Å²) in [7, 11) is 2.90. The van der Waals surface area contributed by atoms with Gasteiger partial charge in [-0.3, -0.25) is 0 Å². The van der Waals surface area contributed by atoms with E-state index in [1.807, 2.05) is 0 Å². The number of carbonyl (C=O) groups excluding carboxylic acids is 1. The van der Waals surface area contributed by atoms with Crippen molar-refractivity contribution in [3.63, 3.8) is 0 Å². The van der Waals surface area contributed by atoms with Crippen LogP contribution in [0.25, 0.3) is 28.3 Å². The number of esters is 1. The normalized spacial score (nSPS) is 13.3. The number of hydrogen-bond donors (Lipinski definition) is 1. The Balaban J connectivity index is 1.75. The molecule has 5 rings (SSSR count). The molecule has 2 N–H and O–H groups in total. The Morgan fingerprint density at radius 3 is 2.56 bits per heavy atom. The average molecular weight is 433 g/mol. The number of ether oxygens (including phenoxy) is 2. The molecule has 0 saturated carbocycles. The van der Waals surface area contributed by atoms with E-state index in [0.717, 1.165) is 0 Å². The summed E-state index contributed by atoms with van der Waals surface area (Å²) in [5, 5.41) is 9.43. The second kappa shape index (κ2) is 7.08. The van der Waals surface area contributed by atoms with Crippen LogP contribution in [0.5, 0.6) is 5.75 Å². The highest BCUT2D eigenvalue weighted by Gasteiger charge is 2.41. The van der Waals surface area contributed by atoms with Crippen LogP contribution < -0.4 is 10.5 Å². The molecule has 0 saturated heterocycles. The molecule has 0 aliphatic rings. The van der Waals surface area contributed by atoms with Crippen molar-refractivity contribution in [2.45, 2.75) is 12.5 Å². The topological polar surface area (TPSA) is 136 Å². The Kier molecular flexibility index (Phi) is 4.33. The summed E-state index contributed by atoms with van der Waals surface area (Å²) in [4.78, 5) is 22.0. The first-order valence-electron chi connectivity index (χ1n) is 9.64. The van der Waals surface area contributed by atoms with Crippen molar-refractivity contribution in [3.8, 4) is 17.3 Å². The molecule has 0 bridgehead atoms. The van der Waals surface area contributed by atoms with Crippen LogP contribution in [0.4, 0.5) is 5.95 Å². The van der Waals surface area contributed by atoms with Gasteiger partial charge in [-0.05, 0) is 36.8 Å². The zero-order chi connectivity index (χ0) is 22.5. The maximum atomic E-state index is 13.0. The second-order valence-corrected chi connectivity index (χ2v) is 7.20. The van der Waals surface area contributed by atoms with E-state index in [1.165, 1.54) is 22.6 Å². The Labute approximate surface area is 181 Å². The average Bonchev–Trinajstić information content (AvgIpc) is 3.57. The van der Waals surface area contributed by atoms with Crippen LogP contribution in [-0.4, -0.2) is 49.6 Å². The van der Waals surface area contributed by atoms with Crippen LogP contribution in [0.3, 0.4) is 0 Å². The summed E-state index contributed by atoms with van der Waals surface area (Å²) in [5.41, 5.74) is 6.29. The van der Waals surface area contributed by atoms with E-state index in [2.05, 4.69) is 20.2 Å². The fourth-order valence-electron chi connectivity index (χ4n) is 3.69. The Bertz CT molecular complexity index is 1440. The quantitative estimate of drug-likeness (QED) is 0.414. The van der Waals surface area contributed by atoms with Gasteiger partial charge in [-0.1, -0.05) is 12.1 Å². The molecular formula is C21H19N7O4. The molecular weight excluding hydrogens is 414 g/mol. The number of methoxy groups -OCH3 is 2. The van der Waals surface area contributed by atoms with Crippen molar-refractivity contribution in [1.29, 1.82) is 0 Å². The van der Waals surface area contributed by atoms with Gasteiger partial charge in [0.2, 0.25) is 11.8 Å². The maximum Gasteiger partial charge on any atom is 0.338 e. The van der Waals surface area contributed by atoms with Crippen LogP contribution in [0.1, 0.15) is 12.5 Å². The summed E-state index contributed by atoms with van der Waals surface area (Å²) in [6.07, 6.45) is 3.11. The lowest BCUT2D eigenvalue weighted by Crippen LogP contribution is -2.42. The first kappa shape index (κ1) is 19.5. The Morgan fingerprint density at radius 2 is 1.91 bits per heavy atom. The fourth-order valence-corrected chi connectivity index (χ4v) is 3.69. The molecule has 1 unspecified atom stereocenters. The zero-order valence-electron chi connectivity index (χ0n) is 17.5. The number of nitrogens with zero attached hydrogens (tertiary/aromatic N) is 6. The molecule has 4 heterocycles. The van der Waals surface area contributed by atoms with Gasteiger partial charge in [0.05, 0.1) is 32.1 Å². The van der Waals surface area contributed by atoms with E-state index >= 15 is 0 Å². The molecule has 0 radical (unpaired) electrons. The van der Waals surface area contributed by atoms with Gasteiger partial charge in [-0.25, -0.2) is 14.5 Å². The molecule has 162 valence electrons. The van der Waals surface area contributed by atoms with Gasteiger partial charge in [0.15, 0.2) is 22.6 Å². The van der Waals surface area contributed by atoms with Crippen molar-refractivity contribution in [2.75, 3.05) is 20.0 Å². The molecule has 0 aliphatic heterocycles. The van der Waals surface area contributed by atoms with E-state index in [9.17, 15) is 4.79 Å². The van der Waals surface area contributed by atoms with Crippen molar-refractivity contribution >= 4 is 28.6 Å². The molecule has 5 aromatic rings. The number of rotatable bonds is 5. The van der Waals surface area contributed by atoms with Gasteiger partial charge in [0.1, 0.15) is 5.75 Å². The largest absolute Gasteiger partial charge is 0.497 e. The minimum Gasteiger partial charge on any atom is -0.497 e. The van der Waals surface area contributed by atoms with Crippen LogP contribution in [-0.2, 0) is 15.1 Å². The van der Waals surface area contributed by atoms with Crippen LogP contribution in [0, 0.1) is 0 Å². The predicted molar refractivity (Wildman–Crippen MR) is 114 cm³/mol. The van der Waals surface area contributed by atoms with Gasteiger partial charge in [-0.15, -0.1) is 5.10 Å². The molecule has 11 heteroatoms. The summed E-state index contributed by atoms with van der Waals surface area (Å²) >= 11 is 0. The lowest BCUT2D eigenvalue weighted by Gasteiger charge is -2.28. The Hall–Kier alpha value is -4.41. The van der Waals surface area contributed by atoms with Gasteiger partial charge < -0.3 is 19.6 Å². The fraction of sp³-hybridized carbons (Fsp3) is 0.190. The summed E-state index contributed by atoms with van der Waals surface area (Å²) in [6.45, 7) is 1.70. The maximum absolute atomic E-state index is 13.0. The number of anilines is 1. The first-order chi connectivity index (χ1) is 15.5. The van der Waals surface area contributed by atoms with E-state index in [4.69, 9.17) is 19.6 Å². The molecule has 0 aliphatic carbocycles. The molecule has 11 nitrogen and oxygen atoms in total. The third-order valence-electron chi connectivity index (χ3n) is 5.43. The third kappa shape index (κ3) is 2.71. The van der Waals surface area contributed by atoms with E-state index < -0.39 is 11.5 Å². The summed E-state index contributed by atoms with van der Waals surface area (Å²) < 4.78 is 18.7. The van der Waals surface area contributed by atoms with E-state index in [-0.39, 0.29) is 5.95 Å². The molecule has 4 aromatic heterocycles. The van der Waals surface area contributed by atoms with Crippen molar-refractivity contribution in [2.24, 2.45) is 0 Å². The number of furan rings is 1. The number of hydrogen-bond acceptors (Lipinski definition) is 9. The molecule has 1 atom stereocenters. The van der Waals surface area contributed by atoms with Gasteiger partial charge in [0, 0.05) is 0 Å². The summed E-state index contributed by atoms with van der Waals surface area (Å²) in [6, 6.07) is 10.6. The molecule has 0 amide bonds. The van der Waals surface area contributed by atoms with E-state index in [0.29, 0.717) is 39.6 Å². The molecule has 32 heavy (non-hydrogen) atoms. The predicted octanol–water partition coefficient (Wildman–Crippen LogP) is 2.26. The third-order valence-corrected chi connectivity index (χ3v) is 5.43. The number of nitrogens with two attached hydrogens (primary N) is 1.